The topological polar surface area (TPSA) is 66.3 Å². The Morgan fingerprint density at radius 2 is 1.60 bits per heavy atom. The van der Waals surface area contributed by atoms with E-state index in [4.69, 9.17) is 26.8 Å². The summed E-state index contributed by atoms with van der Waals surface area (Å²) in [6.07, 6.45) is 0.542. The van der Waals surface area contributed by atoms with E-state index < -0.39 is 0 Å². The Hall–Kier alpha value is -4.10. The first-order chi connectivity index (χ1) is 17.1. The molecule has 0 bridgehead atoms. The van der Waals surface area contributed by atoms with E-state index >= 15 is 0 Å². The number of hydrogen-bond donors (Lipinski definition) is 2. The fraction of sp³-hybridized carbons (Fsp3) is 0.143. The number of hydrogen-bond acceptors (Lipinski definition) is 5. The normalized spacial score (nSPS) is 15.1. The minimum absolute atomic E-state index is 0.214. The summed E-state index contributed by atoms with van der Waals surface area (Å²) in [5.74, 6) is 1.65. The second kappa shape index (κ2) is 9.64. The van der Waals surface area contributed by atoms with Crippen LogP contribution in [0.2, 0.25) is 0 Å². The van der Waals surface area contributed by atoms with Gasteiger partial charge in [0.15, 0.2) is 5.11 Å². The molecular weight excluding hydrogens is 458 g/mol. The lowest BCUT2D eigenvalue weighted by Gasteiger charge is -2.26. The highest BCUT2D eigenvalue weighted by molar-refractivity contribution is 7.80. The van der Waals surface area contributed by atoms with Crippen molar-refractivity contribution in [3.05, 3.63) is 96.1 Å². The van der Waals surface area contributed by atoms with Crippen molar-refractivity contribution in [1.82, 2.24) is 5.01 Å². The van der Waals surface area contributed by atoms with Gasteiger partial charge in [0.25, 0.3) is 0 Å². The van der Waals surface area contributed by atoms with Gasteiger partial charge in [0.1, 0.15) is 17.2 Å². The van der Waals surface area contributed by atoms with Crippen molar-refractivity contribution in [2.45, 2.75) is 12.5 Å². The smallest absolute Gasteiger partial charge is 0.194 e. The molecule has 0 aromatic heterocycles. The average Bonchev–Trinajstić information content (AvgIpc) is 3.34. The van der Waals surface area contributed by atoms with Crippen LogP contribution in [-0.4, -0.2) is 35.2 Å². The lowest BCUT2D eigenvalue weighted by molar-refractivity contribution is 0.350. The summed E-state index contributed by atoms with van der Waals surface area (Å²) in [5, 5.41) is 23.2. The van der Waals surface area contributed by atoms with E-state index in [0.717, 1.165) is 33.5 Å². The maximum absolute atomic E-state index is 11.1. The van der Waals surface area contributed by atoms with Gasteiger partial charge in [-0.05, 0) is 41.9 Å². The predicted molar refractivity (Wildman–Crippen MR) is 144 cm³/mol. The molecule has 35 heavy (non-hydrogen) atoms. The molecule has 176 valence electrons. The molecule has 0 radical (unpaired) electrons. The summed E-state index contributed by atoms with van der Waals surface area (Å²) in [6, 6.07) is 26.9. The fourth-order valence-electron chi connectivity index (χ4n) is 4.45. The maximum atomic E-state index is 11.1. The van der Waals surface area contributed by atoms with E-state index in [1.807, 2.05) is 84.9 Å². The molecule has 0 fully saturated rings. The lowest BCUT2D eigenvalue weighted by atomic mass is 9.95. The third-order valence-corrected chi connectivity index (χ3v) is 6.47. The first-order valence-electron chi connectivity index (χ1n) is 11.3. The molecule has 1 aliphatic heterocycles. The summed E-state index contributed by atoms with van der Waals surface area (Å²) >= 11 is 5.82. The van der Waals surface area contributed by atoms with Crippen molar-refractivity contribution in [3.8, 4) is 17.2 Å². The van der Waals surface area contributed by atoms with E-state index in [0.29, 0.717) is 22.8 Å². The molecule has 0 aliphatic carbocycles. The first-order valence-corrected chi connectivity index (χ1v) is 11.7. The third kappa shape index (κ3) is 4.26. The van der Waals surface area contributed by atoms with E-state index in [-0.39, 0.29) is 11.8 Å². The summed E-state index contributed by atoms with van der Waals surface area (Å²) in [5.41, 5.74) is 3.13. The quantitative estimate of drug-likeness (QED) is 0.334. The molecule has 0 saturated carbocycles. The van der Waals surface area contributed by atoms with E-state index in [9.17, 15) is 5.11 Å². The van der Waals surface area contributed by atoms with Crippen molar-refractivity contribution in [3.63, 3.8) is 0 Å². The summed E-state index contributed by atoms with van der Waals surface area (Å²) in [7, 11) is 3.27. The van der Waals surface area contributed by atoms with Crippen molar-refractivity contribution in [1.29, 1.82) is 0 Å². The molecule has 0 saturated heterocycles. The Bertz CT molecular complexity index is 1440. The summed E-state index contributed by atoms with van der Waals surface area (Å²) in [4.78, 5) is 0. The predicted octanol–water partition coefficient (Wildman–Crippen LogP) is 6.11. The third-order valence-electron chi connectivity index (χ3n) is 6.18. The number of hydrazone groups is 1. The zero-order chi connectivity index (χ0) is 24.4. The molecule has 0 amide bonds. The summed E-state index contributed by atoms with van der Waals surface area (Å²) < 4.78 is 11.1. The molecule has 1 unspecified atom stereocenters. The van der Waals surface area contributed by atoms with Gasteiger partial charge in [-0.1, -0.05) is 60.7 Å². The Morgan fingerprint density at radius 1 is 0.914 bits per heavy atom. The fourth-order valence-corrected chi connectivity index (χ4v) is 4.73. The van der Waals surface area contributed by atoms with Gasteiger partial charge in [-0.3, -0.25) is 0 Å². The van der Waals surface area contributed by atoms with Gasteiger partial charge in [0.2, 0.25) is 0 Å². The van der Waals surface area contributed by atoms with Gasteiger partial charge >= 0.3 is 0 Å². The standard InChI is InChI=1S/C28H25N3O3S/c1-33-25-13-7-5-11-21(25)24-17-23(20-16-15-18-9-3-4-10-19(18)27(20)32)30-31(24)28(35)29-22-12-6-8-14-26(22)34-2/h3-16,24,32H,17H2,1-2H3,(H,29,35). The second-order valence-electron chi connectivity index (χ2n) is 8.17. The zero-order valence-corrected chi connectivity index (χ0v) is 20.3. The molecule has 0 spiro atoms. The molecule has 1 aliphatic rings. The number of thiocarbonyl (C=S) groups is 1. The molecule has 1 atom stereocenters. The van der Waals surface area contributed by atoms with Crippen LogP contribution in [0.5, 0.6) is 17.2 Å². The second-order valence-corrected chi connectivity index (χ2v) is 8.55. The zero-order valence-electron chi connectivity index (χ0n) is 19.4. The number of para-hydroxylation sites is 3. The van der Waals surface area contributed by atoms with Crippen LogP contribution in [-0.2, 0) is 0 Å². The molecule has 6 nitrogen and oxygen atoms in total. The van der Waals surface area contributed by atoms with Crippen LogP contribution in [0.1, 0.15) is 23.6 Å². The number of ether oxygens (including phenoxy) is 2. The molecule has 2 N–H and O–H groups in total. The van der Waals surface area contributed by atoms with Gasteiger partial charge in [-0.2, -0.15) is 5.10 Å². The number of nitrogens with zero attached hydrogens (tertiary/aromatic N) is 2. The Labute approximate surface area is 209 Å². The Kier molecular flexibility index (Phi) is 6.25. The SMILES string of the molecule is COc1ccccc1NC(=S)N1N=C(c2ccc3ccccc3c2O)CC1c1ccccc1OC. The largest absolute Gasteiger partial charge is 0.507 e. The summed E-state index contributed by atoms with van der Waals surface area (Å²) in [6.45, 7) is 0. The van der Waals surface area contributed by atoms with Gasteiger partial charge in [0, 0.05) is 22.9 Å². The monoisotopic (exact) mass is 483 g/mol. The van der Waals surface area contributed by atoms with Crippen LogP contribution in [0.25, 0.3) is 10.8 Å². The van der Waals surface area contributed by atoms with Crippen molar-refractivity contribution in [2.75, 3.05) is 19.5 Å². The molecule has 5 rings (SSSR count). The maximum Gasteiger partial charge on any atom is 0.194 e. The van der Waals surface area contributed by atoms with Gasteiger partial charge in [-0.25, -0.2) is 5.01 Å². The van der Waals surface area contributed by atoms with Crippen LogP contribution >= 0.6 is 12.2 Å². The number of aromatic hydroxyl groups is 1. The van der Waals surface area contributed by atoms with E-state index in [2.05, 4.69) is 5.32 Å². The number of phenols is 1. The Morgan fingerprint density at radius 3 is 2.40 bits per heavy atom. The Balaban J connectivity index is 1.56. The number of methoxy groups -OCH3 is 2. The molecule has 1 heterocycles. The highest BCUT2D eigenvalue weighted by Gasteiger charge is 2.34. The highest BCUT2D eigenvalue weighted by atomic mass is 32.1. The molecular formula is C28H25N3O3S. The van der Waals surface area contributed by atoms with Gasteiger partial charge in [-0.15, -0.1) is 0 Å². The van der Waals surface area contributed by atoms with Crippen molar-refractivity contribution >= 4 is 39.5 Å². The minimum Gasteiger partial charge on any atom is -0.507 e. The number of anilines is 1. The number of nitrogens with one attached hydrogen (secondary N) is 1. The number of rotatable bonds is 5. The number of fused-ring (bicyclic) bond motifs is 1. The first kappa shape index (κ1) is 22.7. The van der Waals surface area contributed by atoms with E-state index in [1.165, 1.54) is 0 Å². The highest BCUT2D eigenvalue weighted by Crippen LogP contribution is 2.40. The lowest BCUT2D eigenvalue weighted by Crippen LogP contribution is -2.31. The van der Waals surface area contributed by atoms with Crippen LogP contribution < -0.4 is 14.8 Å². The average molecular weight is 484 g/mol. The van der Waals surface area contributed by atoms with Crippen LogP contribution in [0.3, 0.4) is 0 Å². The number of phenolic OH excluding ortho intramolecular Hbond substituents is 1. The van der Waals surface area contributed by atoms with Crippen LogP contribution in [0.4, 0.5) is 5.69 Å². The minimum atomic E-state index is -0.221. The molecule has 4 aromatic carbocycles. The molecule has 4 aromatic rings. The van der Waals surface area contributed by atoms with Crippen molar-refractivity contribution in [2.24, 2.45) is 5.10 Å². The van der Waals surface area contributed by atoms with Crippen LogP contribution in [0.15, 0.2) is 90.0 Å². The van der Waals surface area contributed by atoms with Gasteiger partial charge < -0.3 is 19.9 Å². The van der Waals surface area contributed by atoms with Crippen LogP contribution in [0, 0.1) is 0 Å². The molecule has 7 heteroatoms. The van der Waals surface area contributed by atoms with E-state index in [1.54, 1.807) is 19.2 Å². The van der Waals surface area contributed by atoms with Gasteiger partial charge in [0.05, 0.1) is 31.7 Å². The van der Waals surface area contributed by atoms with Crippen molar-refractivity contribution < 1.29 is 14.6 Å². The number of benzene rings is 4.